The lowest BCUT2D eigenvalue weighted by Crippen LogP contribution is -2.39. The first-order valence-electron chi connectivity index (χ1n) is 13.3. The Balaban J connectivity index is 1.58. The monoisotopic (exact) mass is 606 g/mol. The minimum absolute atomic E-state index is 0.101. The summed E-state index contributed by atoms with van der Waals surface area (Å²) < 4.78 is 69.3. The highest BCUT2D eigenvalue weighted by molar-refractivity contribution is 6.00. The molecule has 1 N–H and O–H groups in total. The molecule has 2 heterocycles. The normalized spacial score (nSPS) is 18.8. The number of halogens is 3. The number of ether oxygens (including phenoxy) is 5. The van der Waals surface area contributed by atoms with E-state index in [9.17, 15) is 32.9 Å². The fourth-order valence-electron chi connectivity index (χ4n) is 4.41. The number of nitrogens with one attached hydrogen (secondary N) is 1. The molecule has 0 bridgehead atoms. The van der Waals surface area contributed by atoms with Gasteiger partial charge in [-0.05, 0) is 50.6 Å². The van der Waals surface area contributed by atoms with Crippen LogP contribution in [0, 0.1) is 10.1 Å². The minimum atomic E-state index is -5.05. The number of hydrogen-bond donors (Lipinski definition) is 1. The fraction of sp³-hybridized carbons (Fsp3) is 0.379. The van der Waals surface area contributed by atoms with Crippen molar-refractivity contribution in [1.82, 2.24) is 5.32 Å². The van der Waals surface area contributed by atoms with Crippen LogP contribution in [0.4, 0.5) is 18.9 Å². The molecule has 2 aromatic rings. The van der Waals surface area contributed by atoms with E-state index in [1.54, 1.807) is 31.2 Å². The molecule has 3 unspecified atom stereocenters. The summed E-state index contributed by atoms with van der Waals surface area (Å²) in [6, 6.07) is 11.4. The summed E-state index contributed by atoms with van der Waals surface area (Å²) in [6.45, 7) is 4.78. The number of allylic oxidation sites excluding steroid dienone is 2. The van der Waals surface area contributed by atoms with Gasteiger partial charge in [-0.3, -0.25) is 10.1 Å². The molecule has 230 valence electrons. The lowest BCUT2D eigenvalue weighted by atomic mass is 9.80. The van der Waals surface area contributed by atoms with Gasteiger partial charge in [-0.1, -0.05) is 12.1 Å². The van der Waals surface area contributed by atoms with Gasteiger partial charge in [-0.25, -0.2) is 9.59 Å². The van der Waals surface area contributed by atoms with Crippen LogP contribution in [0.3, 0.4) is 0 Å². The van der Waals surface area contributed by atoms with Crippen molar-refractivity contribution in [1.29, 1.82) is 0 Å². The number of dihydropyridines is 1. The Labute approximate surface area is 244 Å². The molecule has 0 saturated carbocycles. The fourth-order valence-corrected chi connectivity index (χ4v) is 4.41. The molecule has 14 heteroatoms. The lowest BCUT2D eigenvalue weighted by Gasteiger charge is -2.32. The van der Waals surface area contributed by atoms with E-state index in [1.165, 1.54) is 26.0 Å². The molecular formula is C29H29F3N2O9. The van der Waals surface area contributed by atoms with E-state index in [0.29, 0.717) is 24.7 Å². The number of epoxide rings is 1. The van der Waals surface area contributed by atoms with Crippen LogP contribution in [0.1, 0.15) is 32.3 Å². The molecule has 4 rings (SSSR count). The van der Waals surface area contributed by atoms with E-state index in [4.69, 9.17) is 23.7 Å². The van der Waals surface area contributed by atoms with Crippen LogP contribution in [0.5, 0.6) is 11.5 Å². The Morgan fingerprint density at radius 2 is 1.74 bits per heavy atom. The Hall–Kier alpha value is -4.59. The zero-order valence-corrected chi connectivity index (χ0v) is 23.4. The number of rotatable bonds is 12. The predicted molar refractivity (Wildman–Crippen MR) is 144 cm³/mol. The van der Waals surface area contributed by atoms with E-state index in [-0.39, 0.29) is 36.2 Å². The first-order valence-corrected chi connectivity index (χ1v) is 13.3. The maximum atomic E-state index is 14.2. The number of nitro groups is 1. The van der Waals surface area contributed by atoms with Crippen LogP contribution in [0.25, 0.3) is 0 Å². The van der Waals surface area contributed by atoms with Gasteiger partial charge >= 0.3 is 18.1 Å². The number of carbonyl (C=O) groups excluding carboxylic acids is 2. The number of carbonyl (C=O) groups is 2. The SMILES string of the molecule is CCOC(=O)C1=C(C(F)(F)F)NC(C)=C(C(=O)OCC(C)Oc2ccc(OCC3CO3)cc2)C1c1cccc([N+](=O)[O-])c1. The summed E-state index contributed by atoms with van der Waals surface area (Å²) in [5.41, 5.74) is -3.51. The Morgan fingerprint density at radius 1 is 1.09 bits per heavy atom. The maximum Gasteiger partial charge on any atom is 0.431 e. The van der Waals surface area contributed by atoms with Crippen molar-refractivity contribution in [3.8, 4) is 11.5 Å². The number of alkyl halides is 3. The standard InChI is InChI=1S/C29H29F3N2O9/c1-4-39-28(36)25-24(18-6-5-7-19(12-18)34(37)38)23(17(3)33-26(25)29(30,31)32)27(35)42-13-16(2)43-21-10-8-20(9-11-21)40-14-22-15-41-22/h5-12,16,22,24,33H,4,13-15H2,1-3H3. The van der Waals surface area contributed by atoms with Gasteiger partial charge in [0.1, 0.15) is 42.6 Å². The number of hydrogen-bond acceptors (Lipinski definition) is 10. The predicted octanol–water partition coefficient (Wildman–Crippen LogP) is 4.72. The van der Waals surface area contributed by atoms with Gasteiger partial charge in [-0.15, -0.1) is 0 Å². The van der Waals surface area contributed by atoms with Crippen molar-refractivity contribution in [2.75, 3.05) is 26.4 Å². The summed E-state index contributed by atoms with van der Waals surface area (Å²) >= 11 is 0. The van der Waals surface area contributed by atoms with Crippen molar-refractivity contribution in [2.45, 2.75) is 45.1 Å². The number of nitrogens with zero attached hydrogens (tertiary/aromatic N) is 1. The zero-order chi connectivity index (χ0) is 31.3. The number of benzene rings is 2. The average Bonchev–Trinajstić information content (AvgIpc) is 3.79. The molecule has 0 aliphatic carbocycles. The Bertz CT molecular complexity index is 1430. The number of esters is 2. The van der Waals surface area contributed by atoms with Crippen LogP contribution in [0.15, 0.2) is 71.1 Å². The first kappa shape index (κ1) is 31.3. The highest BCUT2D eigenvalue weighted by Gasteiger charge is 2.47. The van der Waals surface area contributed by atoms with E-state index < -0.39 is 52.0 Å². The zero-order valence-electron chi connectivity index (χ0n) is 23.4. The summed E-state index contributed by atoms with van der Waals surface area (Å²) in [4.78, 5) is 37.1. The van der Waals surface area contributed by atoms with Crippen LogP contribution >= 0.6 is 0 Å². The van der Waals surface area contributed by atoms with Gasteiger partial charge in [0, 0.05) is 17.8 Å². The van der Waals surface area contributed by atoms with E-state index in [0.717, 1.165) is 12.1 Å². The summed E-state index contributed by atoms with van der Waals surface area (Å²) in [6.07, 6.45) is -5.63. The topological polar surface area (TPSA) is 139 Å². The van der Waals surface area contributed by atoms with Gasteiger partial charge < -0.3 is 29.0 Å². The van der Waals surface area contributed by atoms with Crippen LogP contribution in [0.2, 0.25) is 0 Å². The summed E-state index contributed by atoms with van der Waals surface area (Å²) in [7, 11) is 0. The van der Waals surface area contributed by atoms with E-state index in [1.807, 2.05) is 0 Å². The third-order valence-corrected chi connectivity index (χ3v) is 6.42. The minimum Gasteiger partial charge on any atom is -0.491 e. The highest BCUT2D eigenvalue weighted by atomic mass is 19.4. The molecule has 1 fully saturated rings. The smallest absolute Gasteiger partial charge is 0.431 e. The van der Waals surface area contributed by atoms with E-state index in [2.05, 4.69) is 5.32 Å². The van der Waals surface area contributed by atoms with Crippen LogP contribution < -0.4 is 14.8 Å². The second-order valence-electron chi connectivity index (χ2n) is 9.72. The van der Waals surface area contributed by atoms with Crippen molar-refractivity contribution in [3.63, 3.8) is 0 Å². The molecule has 11 nitrogen and oxygen atoms in total. The molecule has 3 atom stereocenters. The molecule has 0 amide bonds. The van der Waals surface area contributed by atoms with Crippen molar-refractivity contribution < 1.29 is 51.4 Å². The molecule has 0 aromatic heterocycles. The molecule has 2 aliphatic heterocycles. The summed E-state index contributed by atoms with van der Waals surface area (Å²) in [5, 5.41) is 13.6. The Morgan fingerprint density at radius 3 is 2.35 bits per heavy atom. The molecular weight excluding hydrogens is 577 g/mol. The first-order chi connectivity index (χ1) is 20.4. The Kier molecular flexibility index (Phi) is 9.59. The second kappa shape index (κ2) is 13.2. The quantitative estimate of drug-likeness (QED) is 0.156. The molecule has 0 radical (unpaired) electrons. The van der Waals surface area contributed by atoms with Crippen molar-refractivity contribution in [2.24, 2.45) is 0 Å². The van der Waals surface area contributed by atoms with Gasteiger partial charge in [0.25, 0.3) is 5.69 Å². The molecule has 43 heavy (non-hydrogen) atoms. The second-order valence-corrected chi connectivity index (χ2v) is 9.72. The molecule has 1 saturated heterocycles. The molecule has 0 spiro atoms. The van der Waals surface area contributed by atoms with Crippen molar-refractivity contribution >= 4 is 17.6 Å². The number of nitro benzene ring substituents is 1. The highest BCUT2D eigenvalue weighted by Crippen LogP contribution is 2.44. The maximum absolute atomic E-state index is 14.2. The lowest BCUT2D eigenvalue weighted by molar-refractivity contribution is -0.384. The van der Waals surface area contributed by atoms with Crippen molar-refractivity contribution in [3.05, 3.63) is 86.7 Å². The molecule has 2 aliphatic rings. The van der Waals surface area contributed by atoms with Gasteiger partial charge in [0.15, 0.2) is 0 Å². The summed E-state index contributed by atoms with van der Waals surface area (Å²) in [5.74, 6) is -3.01. The average molecular weight is 607 g/mol. The van der Waals surface area contributed by atoms with Crippen LogP contribution in [-0.2, 0) is 23.8 Å². The van der Waals surface area contributed by atoms with Crippen LogP contribution in [-0.4, -0.2) is 61.7 Å². The third-order valence-electron chi connectivity index (χ3n) is 6.42. The van der Waals surface area contributed by atoms with E-state index >= 15 is 0 Å². The van der Waals surface area contributed by atoms with Gasteiger partial charge in [0.2, 0.25) is 0 Å². The third kappa shape index (κ3) is 7.83. The van der Waals surface area contributed by atoms with Gasteiger partial charge in [0.05, 0.1) is 35.2 Å². The van der Waals surface area contributed by atoms with Gasteiger partial charge in [-0.2, -0.15) is 13.2 Å². The largest absolute Gasteiger partial charge is 0.491 e. The number of non-ortho nitro benzene ring substituents is 1. The molecule has 2 aromatic carbocycles.